The van der Waals surface area contributed by atoms with Crippen LogP contribution >= 0.6 is 11.8 Å². The summed E-state index contributed by atoms with van der Waals surface area (Å²) in [6, 6.07) is 0. The molecule has 0 saturated carbocycles. The minimum atomic E-state index is -4.43. The summed E-state index contributed by atoms with van der Waals surface area (Å²) in [6.07, 6.45) is -3.58. The Balaban J connectivity index is 2.63. The van der Waals surface area contributed by atoms with Crippen LogP contribution < -0.4 is 5.73 Å². The molecule has 1 saturated heterocycles. The Bertz CT molecular complexity index is 304. The van der Waals surface area contributed by atoms with Crippen molar-refractivity contribution in [2.24, 2.45) is 11.7 Å². The van der Waals surface area contributed by atoms with Crippen LogP contribution in [-0.2, 0) is 0 Å². The van der Waals surface area contributed by atoms with Crippen molar-refractivity contribution in [1.82, 2.24) is 4.90 Å². The molecule has 0 aliphatic carbocycles. The minimum Gasteiger partial charge on any atom is -0.387 e. The minimum absolute atomic E-state index is 0.110. The lowest BCUT2D eigenvalue weighted by Crippen LogP contribution is -2.44. The van der Waals surface area contributed by atoms with E-state index in [2.05, 4.69) is 13.8 Å². The van der Waals surface area contributed by atoms with Gasteiger partial charge >= 0.3 is 6.18 Å². The third kappa shape index (κ3) is 4.68. The lowest BCUT2D eigenvalue weighted by Gasteiger charge is -2.27. The van der Waals surface area contributed by atoms with Gasteiger partial charge in [0.2, 0.25) is 0 Å². The molecule has 106 valence electrons. The predicted molar refractivity (Wildman–Crippen MR) is 69.1 cm³/mol. The maximum absolute atomic E-state index is 12.7. The van der Waals surface area contributed by atoms with Gasteiger partial charge in [-0.2, -0.15) is 24.9 Å². The number of amidine groups is 1. The van der Waals surface area contributed by atoms with E-state index in [0.29, 0.717) is 13.1 Å². The molecule has 7 heteroatoms. The number of hydrogen-bond donors (Lipinski definition) is 2. The molecule has 3 N–H and O–H groups in total. The second kappa shape index (κ2) is 5.69. The lowest BCUT2D eigenvalue weighted by atomic mass is 10.1. The fourth-order valence-electron chi connectivity index (χ4n) is 1.88. The zero-order valence-corrected chi connectivity index (χ0v) is 11.5. The van der Waals surface area contributed by atoms with Crippen molar-refractivity contribution in [3.8, 4) is 0 Å². The monoisotopic (exact) mass is 283 g/mol. The van der Waals surface area contributed by atoms with Crippen molar-refractivity contribution in [3.05, 3.63) is 0 Å². The standard InChI is InChI=1S/C11H20F3N3S/c1-10(2)3-4-17(5-6-18-10)7-8(9(15)16)11(12,13)14/h8H,3-7H2,1-2H3,(H3,15,16). The molecule has 1 aliphatic heterocycles. The molecule has 0 spiro atoms. The zero-order valence-electron chi connectivity index (χ0n) is 10.7. The summed E-state index contributed by atoms with van der Waals surface area (Å²) in [7, 11) is 0. The first-order valence-electron chi connectivity index (χ1n) is 5.89. The molecule has 0 aromatic heterocycles. The Hall–Kier alpha value is -0.430. The predicted octanol–water partition coefficient (Wildman–Crippen LogP) is 2.32. The average Bonchev–Trinajstić information content (AvgIpc) is 2.34. The van der Waals surface area contributed by atoms with Gasteiger partial charge in [-0.25, -0.2) is 0 Å². The van der Waals surface area contributed by atoms with Gasteiger partial charge in [-0.3, -0.25) is 5.41 Å². The van der Waals surface area contributed by atoms with Crippen LogP contribution in [0.25, 0.3) is 0 Å². The van der Waals surface area contributed by atoms with Gasteiger partial charge in [-0.15, -0.1) is 0 Å². The molecule has 1 aliphatic rings. The number of nitrogens with two attached hydrogens (primary N) is 1. The molecule has 1 unspecified atom stereocenters. The van der Waals surface area contributed by atoms with Crippen LogP contribution in [0.4, 0.5) is 13.2 Å². The first kappa shape index (κ1) is 15.6. The number of halogens is 3. The van der Waals surface area contributed by atoms with Crippen LogP contribution in [0.3, 0.4) is 0 Å². The van der Waals surface area contributed by atoms with Crippen LogP contribution in [0, 0.1) is 11.3 Å². The number of nitrogens with one attached hydrogen (secondary N) is 1. The van der Waals surface area contributed by atoms with Crippen molar-refractivity contribution < 1.29 is 13.2 Å². The fraction of sp³-hybridized carbons (Fsp3) is 0.909. The summed E-state index contributed by atoms with van der Waals surface area (Å²) >= 11 is 1.78. The topological polar surface area (TPSA) is 53.1 Å². The third-order valence-electron chi connectivity index (χ3n) is 3.14. The molecule has 1 heterocycles. The molecule has 0 amide bonds. The second-order valence-corrected chi connectivity index (χ2v) is 7.01. The normalized spacial score (nSPS) is 23.4. The molecule has 0 bridgehead atoms. The molecule has 18 heavy (non-hydrogen) atoms. The Morgan fingerprint density at radius 3 is 2.56 bits per heavy atom. The number of rotatable bonds is 3. The van der Waals surface area contributed by atoms with Gasteiger partial charge in [0.1, 0.15) is 11.8 Å². The van der Waals surface area contributed by atoms with Gasteiger partial charge < -0.3 is 10.6 Å². The Morgan fingerprint density at radius 2 is 2.06 bits per heavy atom. The highest BCUT2D eigenvalue weighted by molar-refractivity contribution is 8.00. The van der Waals surface area contributed by atoms with Crippen molar-refractivity contribution in [1.29, 1.82) is 5.41 Å². The third-order valence-corrected chi connectivity index (χ3v) is 4.51. The average molecular weight is 283 g/mol. The molecule has 1 rings (SSSR count). The number of alkyl halides is 3. The summed E-state index contributed by atoms with van der Waals surface area (Å²) in [6.45, 7) is 5.25. The fourth-order valence-corrected chi connectivity index (χ4v) is 3.02. The molecule has 0 aromatic rings. The molecule has 1 fully saturated rings. The largest absolute Gasteiger partial charge is 0.399 e. The van der Waals surface area contributed by atoms with E-state index in [-0.39, 0.29) is 11.3 Å². The highest BCUT2D eigenvalue weighted by Gasteiger charge is 2.43. The zero-order chi connectivity index (χ0) is 14.0. The first-order valence-corrected chi connectivity index (χ1v) is 6.87. The van der Waals surface area contributed by atoms with Crippen LogP contribution in [0.5, 0.6) is 0 Å². The van der Waals surface area contributed by atoms with Crippen molar-refractivity contribution in [2.45, 2.75) is 31.2 Å². The van der Waals surface area contributed by atoms with Gasteiger partial charge in [0, 0.05) is 23.6 Å². The number of hydrogen-bond acceptors (Lipinski definition) is 3. The summed E-state index contributed by atoms with van der Waals surface area (Å²) in [5.74, 6) is -1.82. The SMILES string of the molecule is CC1(C)CCN(CC(C(=N)N)C(F)(F)F)CCS1. The van der Waals surface area contributed by atoms with Crippen LogP contribution in [0.1, 0.15) is 20.3 Å². The van der Waals surface area contributed by atoms with E-state index in [9.17, 15) is 13.2 Å². The van der Waals surface area contributed by atoms with Crippen molar-refractivity contribution >= 4 is 17.6 Å². The molecule has 1 atom stereocenters. The van der Waals surface area contributed by atoms with E-state index in [0.717, 1.165) is 12.2 Å². The summed E-state index contributed by atoms with van der Waals surface area (Å²) in [5, 5.41) is 7.08. The summed E-state index contributed by atoms with van der Waals surface area (Å²) in [4.78, 5) is 1.77. The van der Waals surface area contributed by atoms with Crippen molar-refractivity contribution in [2.75, 3.05) is 25.4 Å². The van der Waals surface area contributed by atoms with Gasteiger partial charge in [0.15, 0.2) is 0 Å². The Labute approximate surface area is 110 Å². The van der Waals surface area contributed by atoms with Crippen LogP contribution in [0.2, 0.25) is 0 Å². The highest BCUT2D eigenvalue weighted by atomic mass is 32.2. The van der Waals surface area contributed by atoms with E-state index in [1.54, 1.807) is 16.7 Å². The molecule has 0 aromatic carbocycles. The lowest BCUT2D eigenvalue weighted by molar-refractivity contribution is -0.159. The summed E-state index contributed by atoms with van der Waals surface area (Å²) in [5.41, 5.74) is 5.06. The number of thioether (sulfide) groups is 1. The van der Waals surface area contributed by atoms with E-state index in [1.165, 1.54) is 0 Å². The van der Waals surface area contributed by atoms with E-state index in [1.807, 2.05) is 0 Å². The first-order chi connectivity index (χ1) is 8.12. The maximum Gasteiger partial charge on any atom is 0.399 e. The quantitative estimate of drug-likeness (QED) is 0.617. The molecular formula is C11H20F3N3S. The smallest absolute Gasteiger partial charge is 0.387 e. The van der Waals surface area contributed by atoms with Gasteiger partial charge in [0.05, 0.1) is 0 Å². The van der Waals surface area contributed by atoms with Crippen LogP contribution in [-0.4, -0.2) is 47.0 Å². The van der Waals surface area contributed by atoms with Crippen molar-refractivity contribution in [3.63, 3.8) is 0 Å². The maximum atomic E-state index is 12.7. The molecule has 3 nitrogen and oxygen atoms in total. The molecular weight excluding hydrogens is 263 g/mol. The number of nitrogens with zero attached hydrogens (tertiary/aromatic N) is 1. The van der Waals surface area contributed by atoms with E-state index >= 15 is 0 Å². The van der Waals surface area contributed by atoms with E-state index in [4.69, 9.17) is 11.1 Å². The molecule has 0 radical (unpaired) electrons. The van der Waals surface area contributed by atoms with Gasteiger partial charge in [0.25, 0.3) is 0 Å². The Kier molecular flexibility index (Phi) is 4.94. The van der Waals surface area contributed by atoms with Crippen LogP contribution in [0.15, 0.2) is 0 Å². The second-order valence-electron chi connectivity index (χ2n) is 5.21. The highest BCUT2D eigenvalue weighted by Crippen LogP contribution is 2.32. The summed E-state index contributed by atoms with van der Waals surface area (Å²) < 4.78 is 38.3. The van der Waals surface area contributed by atoms with E-state index < -0.39 is 17.9 Å². The van der Waals surface area contributed by atoms with Gasteiger partial charge in [-0.05, 0) is 13.0 Å². The Morgan fingerprint density at radius 1 is 1.44 bits per heavy atom. The van der Waals surface area contributed by atoms with Gasteiger partial charge in [-0.1, -0.05) is 13.8 Å².